The number of amides is 2. The van der Waals surface area contributed by atoms with E-state index in [4.69, 9.17) is 9.47 Å². The van der Waals surface area contributed by atoms with Gasteiger partial charge in [-0.25, -0.2) is 9.59 Å². The zero-order valence-corrected chi connectivity index (χ0v) is 20.1. The van der Waals surface area contributed by atoms with Crippen LogP contribution in [0.1, 0.15) is 46.1 Å². The quantitative estimate of drug-likeness (QED) is 0.366. The number of urea groups is 1. The molecule has 0 spiro atoms. The standard InChI is InChI=1S/C23H38N2O5S/c1-5-15-31-16-7-12-25(23(28)24-18(3)4)13-14-30-20-10-8-19(9-11-20)17-21(22(26)27)29-6-2/h8-11,18,21H,5-7,12-17H2,1-4H3,(H,24,28)(H,26,27). The smallest absolute Gasteiger partial charge is 0.333 e. The second-order valence-electron chi connectivity index (χ2n) is 7.54. The van der Waals surface area contributed by atoms with Crippen molar-refractivity contribution < 1.29 is 24.2 Å². The maximum Gasteiger partial charge on any atom is 0.333 e. The van der Waals surface area contributed by atoms with E-state index in [1.54, 1.807) is 11.8 Å². The molecule has 7 nitrogen and oxygen atoms in total. The topological polar surface area (TPSA) is 88.1 Å². The van der Waals surface area contributed by atoms with E-state index in [0.29, 0.717) is 38.5 Å². The maximum atomic E-state index is 12.5. The van der Waals surface area contributed by atoms with Crippen molar-refractivity contribution in [2.45, 2.75) is 59.1 Å². The summed E-state index contributed by atoms with van der Waals surface area (Å²) in [6.45, 7) is 9.80. The first-order chi connectivity index (χ1) is 14.9. The molecule has 1 unspecified atom stereocenters. The highest BCUT2D eigenvalue weighted by Crippen LogP contribution is 2.15. The van der Waals surface area contributed by atoms with Crippen LogP contribution in [-0.4, -0.2) is 72.0 Å². The van der Waals surface area contributed by atoms with Gasteiger partial charge in [-0.15, -0.1) is 0 Å². The fourth-order valence-electron chi connectivity index (χ4n) is 2.89. The van der Waals surface area contributed by atoms with E-state index in [1.807, 2.05) is 49.9 Å². The number of carboxylic acids is 1. The molecule has 0 aliphatic rings. The third-order valence-electron chi connectivity index (χ3n) is 4.38. The summed E-state index contributed by atoms with van der Waals surface area (Å²) in [5, 5.41) is 12.2. The van der Waals surface area contributed by atoms with Gasteiger partial charge in [0.25, 0.3) is 0 Å². The predicted octanol–water partition coefficient (Wildman–Crippen LogP) is 4.05. The largest absolute Gasteiger partial charge is 0.492 e. The first kappa shape index (κ1) is 27.1. The van der Waals surface area contributed by atoms with Crippen LogP contribution in [0.3, 0.4) is 0 Å². The summed E-state index contributed by atoms with van der Waals surface area (Å²) in [5.41, 5.74) is 0.871. The Balaban J connectivity index is 2.53. The first-order valence-corrected chi connectivity index (χ1v) is 12.2. The molecule has 176 valence electrons. The van der Waals surface area contributed by atoms with Crippen LogP contribution >= 0.6 is 11.8 Å². The van der Waals surface area contributed by atoms with Gasteiger partial charge in [0.2, 0.25) is 0 Å². The van der Waals surface area contributed by atoms with Gasteiger partial charge in [0.1, 0.15) is 12.4 Å². The SMILES string of the molecule is CCCSCCCN(CCOc1ccc(CC(OCC)C(=O)O)cc1)C(=O)NC(C)C. The van der Waals surface area contributed by atoms with E-state index in [0.717, 1.165) is 29.9 Å². The summed E-state index contributed by atoms with van der Waals surface area (Å²) in [5.74, 6) is 1.92. The van der Waals surface area contributed by atoms with Crippen molar-refractivity contribution in [3.63, 3.8) is 0 Å². The Morgan fingerprint density at radius 3 is 2.42 bits per heavy atom. The molecular formula is C23H38N2O5S. The third kappa shape index (κ3) is 11.9. The minimum atomic E-state index is -0.963. The Morgan fingerprint density at radius 2 is 1.84 bits per heavy atom. The minimum Gasteiger partial charge on any atom is -0.492 e. The third-order valence-corrected chi connectivity index (χ3v) is 5.66. The Labute approximate surface area is 190 Å². The molecule has 1 aromatic rings. The lowest BCUT2D eigenvalue weighted by molar-refractivity contribution is -0.149. The van der Waals surface area contributed by atoms with E-state index < -0.39 is 12.1 Å². The van der Waals surface area contributed by atoms with E-state index in [-0.39, 0.29) is 12.1 Å². The number of thioether (sulfide) groups is 1. The molecule has 2 N–H and O–H groups in total. The molecule has 1 atom stereocenters. The molecule has 0 saturated heterocycles. The van der Waals surface area contributed by atoms with Crippen molar-refractivity contribution in [3.8, 4) is 5.75 Å². The molecule has 1 aromatic carbocycles. The second kappa shape index (κ2) is 15.8. The van der Waals surface area contributed by atoms with Gasteiger partial charge < -0.3 is 24.8 Å². The van der Waals surface area contributed by atoms with Crippen molar-refractivity contribution in [3.05, 3.63) is 29.8 Å². The zero-order chi connectivity index (χ0) is 23.1. The number of carboxylic acid groups (broad SMARTS) is 1. The van der Waals surface area contributed by atoms with Crippen LogP contribution in [0.2, 0.25) is 0 Å². The Bertz CT molecular complexity index is 639. The van der Waals surface area contributed by atoms with Crippen molar-refractivity contribution in [2.75, 3.05) is 37.8 Å². The number of ether oxygens (including phenoxy) is 2. The molecule has 0 aromatic heterocycles. The summed E-state index contributed by atoms with van der Waals surface area (Å²) in [6, 6.07) is 7.35. The highest BCUT2D eigenvalue weighted by atomic mass is 32.2. The van der Waals surface area contributed by atoms with Crippen LogP contribution in [0.4, 0.5) is 4.79 Å². The summed E-state index contributed by atoms with van der Waals surface area (Å²) in [6.07, 6.45) is 1.58. The molecule has 0 aliphatic carbocycles. The van der Waals surface area contributed by atoms with Gasteiger partial charge in [-0.1, -0.05) is 19.1 Å². The zero-order valence-electron chi connectivity index (χ0n) is 19.3. The molecule has 0 aliphatic heterocycles. The van der Waals surface area contributed by atoms with Crippen LogP contribution in [0, 0.1) is 0 Å². The molecule has 2 amide bonds. The number of hydrogen-bond acceptors (Lipinski definition) is 5. The number of carbonyl (C=O) groups excluding carboxylic acids is 1. The van der Waals surface area contributed by atoms with Crippen LogP contribution < -0.4 is 10.1 Å². The van der Waals surface area contributed by atoms with Crippen molar-refractivity contribution in [2.24, 2.45) is 0 Å². The van der Waals surface area contributed by atoms with Gasteiger partial charge >= 0.3 is 12.0 Å². The Kier molecular flexibility index (Phi) is 13.8. The average Bonchev–Trinajstić information content (AvgIpc) is 2.72. The highest BCUT2D eigenvalue weighted by Gasteiger charge is 2.18. The Hall–Kier alpha value is -1.93. The molecule has 0 bridgehead atoms. The van der Waals surface area contributed by atoms with Crippen molar-refractivity contribution in [1.29, 1.82) is 0 Å². The lowest BCUT2D eigenvalue weighted by Crippen LogP contribution is -2.45. The van der Waals surface area contributed by atoms with E-state index in [9.17, 15) is 14.7 Å². The van der Waals surface area contributed by atoms with E-state index >= 15 is 0 Å². The van der Waals surface area contributed by atoms with Gasteiger partial charge in [-0.3, -0.25) is 0 Å². The monoisotopic (exact) mass is 454 g/mol. The van der Waals surface area contributed by atoms with Gasteiger partial charge in [0.05, 0.1) is 6.54 Å². The van der Waals surface area contributed by atoms with Crippen LogP contribution in [-0.2, 0) is 16.0 Å². The van der Waals surface area contributed by atoms with Gasteiger partial charge in [-0.2, -0.15) is 11.8 Å². The number of rotatable bonds is 16. The second-order valence-corrected chi connectivity index (χ2v) is 8.76. The van der Waals surface area contributed by atoms with E-state index in [1.165, 1.54) is 0 Å². The first-order valence-electron chi connectivity index (χ1n) is 11.1. The van der Waals surface area contributed by atoms with Gasteiger partial charge in [0.15, 0.2) is 6.10 Å². The number of aliphatic carboxylic acids is 1. The van der Waals surface area contributed by atoms with Gasteiger partial charge in [-0.05, 0) is 62.8 Å². The van der Waals surface area contributed by atoms with Crippen LogP contribution in [0.5, 0.6) is 5.75 Å². The molecule has 8 heteroatoms. The number of carbonyl (C=O) groups is 2. The summed E-state index contributed by atoms with van der Waals surface area (Å²) in [4.78, 5) is 25.5. The summed E-state index contributed by atoms with van der Waals surface area (Å²) in [7, 11) is 0. The van der Waals surface area contributed by atoms with Gasteiger partial charge in [0, 0.05) is 25.6 Å². The molecule has 31 heavy (non-hydrogen) atoms. The number of hydrogen-bond donors (Lipinski definition) is 2. The highest BCUT2D eigenvalue weighted by molar-refractivity contribution is 7.99. The molecule has 0 radical (unpaired) electrons. The molecule has 1 rings (SSSR count). The lowest BCUT2D eigenvalue weighted by atomic mass is 10.1. The van der Waals surface area contributed by atoms with Crippen molar-refractivity contribution in [1.82, 2.24) is 10.2 Å². The van der Waals surface area contributed by atoms with Crippen LogP contribution in [0.25, 0.3) is 0 Å². The Morgan fingerprint density at radius 1 is 1.13 bits per heavy atom. The van der Waals surface area contributed by atoms with Crippen LogP contribution in [0.15, 0.2) is 24.3 Å². The summed E-state index contributed by atoms with van der Waals surface area (Å²) >= 11 is 1.92. The molecule has 0 heterocycles. The lowest BCUT2D eigenvalue weighted by Gasteiger charge is -2.24. The number of benzene rings is 1. The van der Waals surface area contributed by atoms with E-state index in [2.05, 4.69) is 12.2 Å². The number of nitrogens with zero attached hydrogens (tertiary/aromatic N) is 1. The molecule has 0 fully saturated rings. The summed E-state index contributed by atoms with van der Waals surface area (Å²) < 4.78 is 11.1. The minimum absolute atomic E-state index is 0.0647. The normalized spacial score (nSPS) is 11.9. The molecule has 0 saturated carbocycles. The number of nitrogens with one attached hydrogen (secondary N) is 1. The van der Waals surface area contributed by atoms with Crippen molar-refractivity contribution >= 4 is 23.8 Å². The average molecular weight is 455 g/mol. The predicted molar refractivity (Wildman–Crippen MR) is 126 cm³/mol. The maximum absolute atomic E-state index is 12.5. The fourth-order valence-corrected chi connectivity index (χ4v) is 3.71. The molecular weight excluding hydrogens is 416 g/mol. The fraction of sp³-hybridized carbons (Fsp3) is 0.652.